The summed E-state index contributed by atoms with van der Waals surface area (Å²) in [5.41, 5.74) is 0.687. The van der Waals surface area contributed by atoms with Gasteiger partial charge in [-0.25, -0.2) is 17.5 Å². The van der Waals surface area contributed by atoms with E-state index in [1.807, 2.05) is 13.8 Å². The van der Waals surface area contributed by atoms with Crippen molar-refractivity contribution in [2.75, 3.05) is 13.1 Å². The van der Waals surface area contributed by atoms with Gasteiger partial charge in [0.05, 0.1) is 0 Å². The van der Waals surface area contributed by atoms with E-state index in [-0.39, 0.29) is 17.5 Å². The van der Waals surface area contributed by atoms with Crippen molar-refractivity contribution < 1.29 is 12.8 Å². The quantitative estimate of drug-likeness (QED) is 0.824. The van der Waals surface area contributed by atoms with Crippen molar-refractivity contribution in [3.63, 3.8) is 0 Å². The maximum Gasteiger partial charge on any atom is 0.243 e. The number of sulfonamides is 1. The van der Waals surface area contributed by atoms with Crippen molar-refractivity contribution in [2.24, 2.45) is 0 Å². The summed E-state index contributed by atoms with van der Waals surface area (Å²) in [6, 6.07) is 4.07. The highest BCUT2D eigenvalue weighted by atomic mass is 32.2. The molecule has 0 aliphatic heterocycles. The topological polar surface area (TPSA) is 58.2 Å². The first-order valence-corrected chi connectivity index (χ1v) is 7.34. The maximum atomic E-state index is 13.6. The van der Waals surface area contributed by atoms with E-state index < -0.39 is 15.8 Å². The molecular formula is C12H19FN2O2S. The highest BCUT2D eigenvalue weighted by Gasteiger charge is 2.19. The number of rotatable bonds is 6. The molecule has 0 aromatic heterocycles. The first kappa shape index (κ1) is 15.1. The highest BCUT2D eigenvalue weighted by Crippen LogP contribution is 2.15. The van der Waals surface area contributed by atoms with Gasteiger partial charge in [0, 0.05) is 12.6 Å². The summed E-state index contributed by atoms with van der Waals surface area (Å²) in [6.07, 6.45) is 0. The van der Waals surface area contributed by atoms with Crippen LogP contribution in [0.15, 0.2) is 23.1 Å². The van der Waals surface area contributed by atoms with Crippen molar-refractivity contribution in [1.82, 2.24) is 10.0 Å². The van der Waals surface area contributed by atoms with E-state index in [2.05, 4.69) is 10.0 Å². The van der Waals surface area contributed by atoms with Crippen molar-refractivity contribution in [3.05, 3.63) is 29.6 Å². The predicted molar refractivity (Wildman–Crippen MR) is 69.5 cm³/mol. The van der Waals surface area contributed by atoms with E-state index in [0.29, 0.717) is 5.56 Å². The molecule has 0 saturated carbocycles. The lowest BCUT2D eigenvalue weighted by molar-refractivity contribution is 0.528. The predicted octanol–water partition coefficient (Wildman–Crippen LogP) is 1.41. The second-order valence-corrected chi connectivity index (χ2v) is 5.98. The van der Waals surface area contributed by atoms with E-state index in [1.54, 1.807) is 13.0 Å². The van der Waals surface area contributed by atoms with Gasteiger partial charge < -0.3 is 5.32 Å². The molecule has 1 rings (SSSR count). The molecule has 0 aliphatic carbocycles. The molecule has 2 N–H and O–H groups in total. The maximum absolute atomic E-state index is 13.6. The van der Waals surface area contributed by atoms with E-state index in [4.69, 9.17) is 0 Å². The third-order valence-corrected chi connectivity index (χ3v) is 3.97. The molecule has 6 heteroatoms. The van der Waals surface area contributed by atoms with Crippen LogP contribution in [0.1, 0.15) is 19.4 Å². The average molecular weight is 274 g/mol. The van der Waals surface area contributed by atoms with Gasteiger partial charge in [-0.2, -0.15) is 0 Å². The summed E-state index contributed by atoms with van der Waals surface area (Å²) in [5, 5.41) is 3.07. The molecule has 1 aromatic carbocycles. The second kappa shape index (κ2) is 6.26. The lowest BCUT2D eigenvalue weighted by atomic mass is 10.2. The van der Waals surface area contributed by atoms with Crippen molar-refractivity contribution in [1.29, 1.82) is 0 Å². The van der Waals surface area contributed by atoms with Crippen molar-refractivity contribution >= 4 is 10.0 Å². The van der Waals surface area contributed by atoms with Gasteiger partial charge in [0.15, 0.2) is 0 Å². The molecular weight excluding hydrogens is 255 g/mol. The van der Waals surface area contributed by atoms with Crippen LogP contribution in [0.3, 0.4) is 0 Å². The Hall–Kier alpha value is -0.980. The number of nitrogens with one attached hydrogen (secondary N) is 2. The van der Waals surface area contributed by atoms with Crippen molar-refractivity contribution in [2.45, 2.75) is 31.7 Å². The zero-order chi connectivity index (χ0) is 13.8. The van der Waals surface area contributed by atoms with Crippen LogP contribution in [0, 0.1) is 12.7 Å². The van der Waals surface area contributed by atoms with Crippen molar-refractivity contribution in [3.8, 4) is 0 Å². The van der Waals surface area contributed by atoms with Gasteiger partial charge in [-0.1, -0.05) is 13.0 Å². The number of aryl methyl sites for hydroxylation is 1. The summed E-state index contributed by atoms with van der Waals surface area (Å²) >= 11 is 0. The van der Waals surface area contributed by atoms with E-state index in [9.17, 15) is 12.8 Å². The number of halogens is 1. The van der Waals surface area contributed by atoms with Crippen LogP contribution in [0.5, 0.6) is 0 Å². The zero-order valence-corrected chi connectivity index (χ0v) is 11.6. The molecule has 102 valence electrons. The molecule has 0 bridgehead atoms. The number of benzene rings is 1. The fraction of sp³-hybridized carbons (Fsp3) is 0.500. The first-order chi connectivity index (χ1) is 8.36. The zero-order valence-electron chi connectivity index (χ0n) is 10.8. The minimum absolute atomic E-state index is 0.00159. The summed E-state index contributed by atoms with van der Waals surface area (Å²) in [5.74, 6) is -0.724. The van der Waals surface area contributed by atoms with Crippen LogP contribution in [0.25, 0.3) is 0 Å². The van der Waals surface area contributed by atoms with Crippen LogP contribution in [-0.2, 0) is 10.0 Å². The Labute approximate surface area is 108 Å². The van der Waals surface area contributed by atoms with Crippen LogP contribution < -0.4 is 10.0 Å². The Morgan fingerprint density at radius 2 is 2.06 bits per heavy atom. The largest absolute Gasteiger partial charge is 0.313 e. The van der Waals surface area contributed by atoms with Gasteiger partial charge in [-0.15, -0.1) is 0 Å². The molecule has 0 amide bonds. The van der Waals surface area contributed by atoms with Gasteiger partial charge >= 0.3 is 0 Å². The third kappa shape index (κ3) is 4.04. The molecule has 0 heterocycles. The Kier molecular flexibility index (Phi) is 5.25. The fourth-order valence-electron chi connectivity index (χ4n) is 1.56. The molecule has 1 atom stereocenters. The summed E-state index contributed by atoms with van der Waals surface area (Å²) in [4.78, 5) is -0.309. The van der Waals surface area contributed by atoms with Crippen LogP contribution in [-0.4, -0.2) is 27.5 Å². The summed E-state index contributed by atoms with van der Waals surface area (Å²) in [6.45, 7) is 6.48. The van der Waals surface area contributed by atoms with Crippen LogP contribution >= 0.6 is 0 Å². The molecule has 0 saturated heterocycles. The molecule has 0 fully saturated rings. The fourth-order valence-corrected chi connectivity index (χ4v) is 2.74. The van der Waals surface area contributed by atoms with Crippen LogP contribution in [0.4, 0.5) is 4.39 Å². The first-order valence-electron chi connectivity index (χ1n) is 5.86. The normalized spacial score (nSPS) is 13.6. The number of hydrogen-bond donors (Lipinski definition) is 2. The smallest absolute Gasteiger partial charge is 0.243 e. The molecule has 0 aliphatic rings. The number of hydrogen-bond acceptors (Lipinski definition) is 3. The monoisotopic (exact) mass is 274 g/mol. The Balaban J connectivity index is 2.80. The molecule has 18 heavy (non-hydrogen) atoms. The van der Waals surface area contributed by atoms with Gasteiger partial charge in [0.25, 0.3) is 0 Å². The minimum atomic E-state index is -3.79. The molecule has 0 radical (unpaired) electrons. The Morgan fingerprint density at radius 3 is 2.61 bits per heavy atom. The van der Waals surface area contributed by atoms with Gasteiger partial charge in [-0.3, -0.25) is 0 Å². The van der Waals surface area contributed by atoms with Crippen LogP contribution in [0.2, 0.25) is 0 Å². The molecule has 1 aromatic rings. The van der Waals surface area contributed by atoms with E-state index in [1.165, 1.54) is 12.1 Å². The second-order valence-electron chi connectivity index (χ2n) is 4.24. The molecule has 0 unspecified atom stereocenters. The van der Waals surface area contributed by atoms with E-state index in [0.717, 1.165) is 6.54 Å². The lowest BCUT2D eigenvalue weighted by Crippen LogP contribution is -2.39. The Bertz CT molecular complexity index is 503. The SMILES string of the molecule is CCN[C@H](C)CNS(=O)(=O)c1ccc(C)cc1F. The molecule has 0 spiro atoms. The highest BCUT2D eigenvalue weighted by molar-refractivity contribution is 7.89. The lowest BCUT2D eigenvalue weighted by Gasteiger charge is -2.14. The number of likely N-dealkylation sites (N-methyl/N-ethyl adjacent to an activating group) is 1. The van der Waals surface area contributed by atoms with Gasteiger partial charge in [0.2, 0.25) is 10.0 Å². The van der Waals surface area contributed by atoms with Gasteiger partial charge in [0.1, 0.15) is 10.7 Å². The Morgan fingerprint density at radius 1 is 1.39 bits per heavy atom. The average Bonchev–Trinajstić information content (AvgIpc) is 2.26. The van der Waals surface area contributed by atoms with E-state index >= 15 is 0 Å². The standard InChI is InChI=1S/C12H19FN2O2S/c1-4-14-10(3)8-15-18(16,17)12-6-5-9(2)7-11(12)13/h5-7,10,14-15H,4,8H2,1-3H3/t10-/m1/s1. The minimum Gasteiger partial charge on any atom is -0.313 e. The van der Waals surface area contributed by atoms with Gasteiger partial charge in [-0.05, 0) is 38.1 Å². The third-order valence-electron chi connectivity index (χ3n) is 2.51. The molecule has 4 nitrogen and oxygen atoms in total. The summed E-state index contributed by atoms with van der Waals surface area (Å²) in [7, 11) is -3.79. The summed E-state index contributed by atoms with van der Waals surface area (Å²) < 4.78 is 39.8.